The third-order valence-electron chi connectivity index (χ3n) is 7.11. The van der Waals surface area contributed by atoms with Crippen molar-refractivity contribution in [1.82, 2.24) is 10.2 Å². The minimum Gasteiger partial charge on any atom is -0.493 e. The third kappa shape index (κ3) is 7.81. The molecule has 0 fully saturated rings. The fourth-order valence-corrected chi connectivity index (χ4v) is 4.75. The highest BCUT2D eigenvalue weighted by atomic mass is 79.9. The number of amides is 1. The Kier molecular flexibility index (Phi) is 12.0. The Morgan fingerprint density at radius 1 is 1.12 bits per heavy atom. The van der Waals surface area contributed by atoms with E-state index in [0.29, 0.717) is 54.3 Å². The van der Waals surface area contributed by atoms with Crippen LogP contribution in [0.5, 0.6) is 11.5 Å². The fourth-order valence-electron chi connectivity index (χ4n) is 4.75. The molecule has 0 saturated carbocycles. The van der Waals surface area contributed by atoms with Crippen LogP contribution < -0.4 is 19.7 Å². The van der Waals surface area contributed by atoms with Gasteiger partial charge in [0.2, 0.25) is 0 Å². The van der Waals surface area contributed by atoms with Crippen molar-refractivity contribution in [2.24, 2.45) is 0 Å². The van der Waals surface area contributed by atoms with Gasteiger partial charge in [-0.2, -0.15) is 0 Å². The summed E-state index contributed by atoms with van der Waals surface area (Å²) in [4.78, 5) is 40.9. The Labute approximate surface area is 258 Å². The van der Waals surface area contributed by atoms with Crippen LogP contribution in [0.3, 0.4) is 0 Å². The number of rotatable bonds is 13. The molecule has 1 aliphatic heterocycles. The van der Waals surface area contributed by atoms with Crippen molar-refractivity contribution in [3.63, 3.8) is 0 Å². The van der Waals surface area contributed by atoms with Crippen molar-refractivity contribution in [2.75, 3.05) is 45.3 Å². The smallest absolute Gasteiger partial charge is 0.303 e. The number of anilines is 1. The van der Waals surface area contributed by atoms with Gasteiger partial charge in [0.05, 0.1) is 31.0 Å². The van der Waals surface area contributed by atoms with Crippen molar-refractivity contribution in [3.05, 3.63) is 52.1 Å². The molecule has 3 rings (SSSR count). The maximum Gasteiger partial charge on any atom is 0.303 e. The molecule has 0 atom stereocenters. The zero-order chi connectivity index (χ0) is 30.5. The molecule has 2 aromatic carbocycles. The lowest BCUT2D eigenvalue weighted by Gasteiger charge is -2.29. The van der Waals surface area contributed by atoms with E-state index in [2.05, 4.69) is 5.32 Å². The number of ether oxygens (including phenoxy) is 2. The molecule has 1 aliphatic rings. The fraction of sp³-hybridized carbons (Fsp3) is 0.484. The second kappa shape index (κ2) is 14.5. The highest BCUT2D eigenvalue weighted by Gasteiger charge is 2.31. The lowest BCUT2D eigenvalue weighted by molar-refractivity contribution is -0.137. The first-order valence-corrected chi connectivity index (χ1v) is 13.9. The summed E-state index contributed by atoms with van der Waals surface area (Å²) >= 11 is 0. The van der Waals surface area contributed by atoms with E-state index in [1.165, 1.54) is 0 Å². The number of hydrogen-bond donors (Lipinski definition) is 3. The van der Waals surface area contributed by atoms with Gasteiger partial charge in [0.1, 0.15) is 17.3 Å². The summed E-state index contributed by atoms with van der Waals surface area (Å²) < 4.78 is 11.9. The van der Waals surface area contributed by atoms with E-state index in [1.807, 2.05) is 58.7 Å². The second-order valence-corrected chi connectivity index (χ2v) is 11.1. The number of carboxylic acids is 1. The van der Waals surface area contributed by atoms with Gasteiger partial charge in [-0.05, 0) is 55.5 Å². The quantitative estimate of drug-likeness (QED) is 0.204. The minimum atomic E-state index is -0.870. The van der Waals surface area contributed by atoms with Gasteiger partial charge in [0.15, 0.2) is 5.78 Å². The van der Waals surface area contributed by atoms with E-state index in [-0.39, 0.29) is 59.5 Å². The highest BCUT2D eigenvalue weighted by molar-refractivity contribution is 8.93. The van der Waals surface area contributed by atoms with Crippen LogP contribution >= 0.6 is 17.0 Å². The van der Waals surface area contributed by atoms with Gasteiger partial charge < -0.3 is 29.7 Å². The number of ketones is 1. The first kappa shape index (κ1) is 34.6. The molecule has 42 heavy (non-hydrogen) atoms. The average Bonchev–Trinajstić information content (AvgIpc) is 3.22. The Morgan fingerprint density at radius 3 is 2.38 bits per heavy atom. The lowest BCUT2D eigenvalue weighted by atomic mass is 9.84. The summed E-state index contributed by atoms with van der Waals surface area (Å²) in [5.41, 5.74) is 3.54. The molecule has 0 aromatic heterocycles. The van der Waals surface area contributed by atoms with Gasteiger partial charge in [-0.3, -0.25) is 19.8 Å². The monoisotopic (exact) mass is 646 g/mol. The van der Waals surface area contributed by atoms with E-state index in [4.69, 9.17) is 20.0 Å². The van der Waals surface area contributed by atoms with E-state index < -0.39 is 5.97 Å². The summed E-state index contributed by atoms with van der Waals surface area (Å²) in [6.07, 6.45) is 0.389. The lowest BCUT2D eigenvalue weighted by Crippen LogP contribution is -2.31. The molecule has 0 bridgehead atoms. The van der Waals surface area contributed by atoms with Crippen LogP contribution in [-0.4, -0.2) is 73.9 Å². The van der Waals surface area contributed by atoms with Gasteiger partial charge in [-0.15, -0.1) is 17.0 Å². The predicted molar refractivity (Wildman–Crippen MR) is 169 cm³/mol. The van der Waals surface area contributed by atoms with Gasteiger partial charge in [-0.1, -0.05) is 20.8 Å². The number of fused-ring (bicyclic) bond motifs is 1. The molecular weight excluding hydrogens is 604 g/mol. The number of Topliss-reactive ketones (excluding diaryl/α,β-unsaturated/α-hetero) is 1. The molecule has 0 spiro atoms. The number of benzene rings is 2. The van der Waals surface area contributed by atoms with Gasteiger partial charge in [0, 0.05) is 50.3 Å². The predicted octanol–water partition coefficient (Wildman–Crippen LogP) is 5.04. The standard InChI is InChI=1S/C31H42N4O6.BrH/c1-8-34(7)24-14-19(13-23(31(3,4)5)28(24)41-12-10-11-27(37)38)25(36)18-35-17-20-15-26(40-9-2)22(30(39)33-6)16-21(20)29(35)32;/h13-16,32H,8-12,17-18H2,1-7H3,(H,33,39)(H,37,38);1H. The molecule has 1 amide bonds. The number of halogens is 1. The summed E-state index contributed by atoms with van der Waals surface area (Å²) in [5.74, 6) is -0.0336. The van der Waals surface area contributed by atoms with E-state index in [9.17, 15) is 14.4 Å². The number of hydrogen-bond acceptors (Lipinski definition) is 7. The number of nitrogens with one attached hydrogen (secondary N) is 2. The van der Waals surface area contributed by atoms with Crippen LogP contribution in [-0.2, 0) is 16.8 Å². The molecule has 0 aliphatic carbocycles. The molecule has 10 nitrogen and oxygen atoms in total. The molecule has 2 aromatic rings. The van der Waals surface area contributed by atoms with E-state index in [1.54, 1.807) is 24.1 Å². The third-order valence-corrected chi connectivity index (χ3v) is 7.11. The first-order valence-electron chi connectivity index (χ1n) is 13.9. The van der Waals surface area contributed by atoms with E-state index >= 15 is 0 Å². The highest BCUT2D eigenvalue weighted by Crippen LogP contribution is 2.40. The number of nitrogens with zero attached hydrogens (tertiary/aromatic N) is 2. The number of aliphatic carboxylic acids is 1. The zero-order valence-corrected chi connectivity index (χ0v) is 27.3. The number of carbonyl (C=O) groups excluding carboxylic acids is 2. The van der Waals surface area contributed by atoms with Gasteiger partial charge in [-0.25, -0.2) is 0 Å². The molecule has 0 saturated heterocycles. The van der Waals surface area contributed by atoms with Crippen molar-refractivity contribution in [2.45, 2.75) is 59.4 Å². The van der Waals surface area contributed by atoms with Crippen LogP contribution in [0.25, 0.3) is 0 Å². The van der Waals surface area contributed by atoms with Crippen LogP contribution in [0, 0.1) is 5.41 Å². The number of amidine groups is 1. The molecule has 3 N–H and O–H groups in total. The Hall–Kier alpha value is -3.60. The first-order chi connectivity index (χ1) is 19.3. The second-order valence-electron chi connectivity index (χ2n) is 11.1. The van der Waals surface area contributed by atoms with Crippen LogP contribution in [0.2, 0.25) is 0 Å². The summed E-state index contributed by atoms with van der Waals surface area (Å²) in [7, 11) is 3.47. The van der Waals surface area contributed by atoms with Crippen LogP contribution in [0.1, 0.15) is 84.9 Å². The average molecular weight is 648 g/mol. The maximum absolute atomic E-state index is 13.7. The molecular formula is C31H43BrN4O6. The van der Waals surface area contributed by atoms with Crippen LogP contribution in [0.15, 0.2) is 24.3 Å². The normalized spacial score (nSPS) is 12.4. The largest absolute Gasteiger partial charge is 0.493 e. The van der Waals surface area contributed by atoms with Crippen LogP contribution in [0.4, 0.5) is 5.69 Å². The Balaban J connectivity index is 0.00000616. The maximum atomic E-state index is 13.7. The Morgan fingerprint density at radius 2 is 1.81 bits per heavy atom. The summed E-state index contributed by atoms with van der Waals surface area (Å²) in [5, 5.41) is 20.4. The molecule has 0 unspecified atom stereocenters. The topological polar surface area (TPSA) is 132 Å². The minimum absolute atomic E-state index is 0. The summed E-state index contributed by atoms with van der Waals surface area (Å²) in [6, 6.07) is 7.11. The van der Waals surface area contributed by atoms with Gasteiger partial charge >= 0.3 is 5.97 Å². The number of carboxylic acid groups (broad SMARTS) is 1. The summed E-state index contributed by atoms with van der Waals surface area (Å²) in [6.45, 7) is 11.6. The van der Waals surface area contributed by atoms with Crippen molar-refractivity contribution >= 4 is 46.2 Å². The Bertz CT molecular complexity index is 1340. The molecule has 1 heterocycles. The van der Waals surface area contributed by atoms with Crippen molar-refractivity contribution in [1.29, 1.82) is 5.41 Å². The number of carbonyl (C=O) groups is 3. The molecule has 11 heteroatoms. The van der Waals surface area contributed by atoms with E-state index in [0.717, 1.165) is 16.8 Å². The molecule has 0 radical (unpaired) electrons. The SMILES string of the molecule is Br.CCOc1cc2c(cc1C(=O)NC)C(=N)N(CC(=O)c1cc(N(C)CC)c(OCCCC(=O)O)c(C(C)(C)C)c1)C2. The van der Waals surface area contributed by atoms with Crippen molar-refractivity contribution in [3.8, 4) is 11.5 Å². The molecule has 230 valence electrons. The van der Waals surface area contributed by atoms with Crippen molar-refractivity contribution < 1.29 is 29.0 Å². The van der Waals surface area contributed by atoms with Gasteiger partial charge in [0.25, 0.3) is 5.91 Å². The zero-order valence-electron chi connectivity index (χ0n) is 25.6.